The number of thioether (sulfide) groups is 1. The van der Waals surface area contributed by atoms with Crippen molar-refractivity contribution in [2.45, 2.75) is 18.2 Å². The van der Waals surface area contributed by atoms with E-state index in [0.29, 0.717) is 0 Å². The lowest BCUT2D eigenvalue weighted by Gasteiger charge is -2.20. The lowest BCUT2D eigenvalue weighted by atomic mass is 10.1. The van der Waals surface area contributed by atoms with E-state index in [1.54, 1.807) is 26.0 Å². The summed E-state index contributed by atoms with van der Waals surface area (Å²) in [5.41, 5.74) is 3.51. The highest BCUT2D eigenvalue weighted by Crippen LogP contribution is 2.29. The summed E-state index contributed by atoms with van der Waals surface area (Å²) in [7, 11) is 5.41. The summed E-state index contributed by atoms with van der Waals surface area (Å²) < 4.78 is 10.7. The lowest BCUT2D eigenvalue weighted by Crippen LogP contribution is -2.21. The highest BCUT2D eigenvalue weighted by molar-refractivity contribution is 7.98. The molecular formula is C22H26N2O2S. The van der Waals surface area contributed by atoms with E-state index in [1.165, 1.54) is 21.4 Å². The smallest absolute Gasteiger partial charge is 0.160 e. The van der Waals surface area contributed by atoms with E-state index in [0.717, 1.165) is 35.8 Å². The first kappa shape index (κ1) is 19.4. The maximum atomic E-state index is 5.40. The maximum Gasteiger partial charge on any atom is 0.160 e. The average molecular weight is 383 g/mol. The van der Waals surface area contributed by atoms with Gasteiger partial charge < -0.3 is 14.4 Å². The number of likely N-dealkylation sites (N-methyl/N-ethyl adjacent to an activating group) is 1. The van der Waals surface area contributed by atoms with E-state index >= 15 is 0 Å². The average Bonchev–Trinajstić information content (AvgIpc) is 2.71. The molecule has 0 saturated heterocycles. The fourth-order valence-electron chi connectivity index (χ4n) is 3.13. The molecule has 142 valence electrons. The largest absolute Gasteiger partial charge is 0.493 e. The molecule has 0 radical (unpaired) electrons. The van der Waals surface area contributed by atoms with Crippen LogP contribution in [-0.4, -0.2) is 39.1 Å². The van der Waals surface area contributed by atoms with Gasteiger partial charge in [0, 0.05) is 23.9 Å². The number of nitrogens with zero attached hydrogens (tertiary/aromatic N) is 2. The molecule has 3 rings (SSSR count). The summed E-state index contributed by atoms with van der Waals surface area (Å²) in [4.78, 5) is 8.32. The predicted octanol–water partition coefficient (Wildman–Crippen LogP) is 4.96. The van der Waals surface area contributed by atoms with Crippen LogP contribution in [-0.2, 0) is 6.42 Å². The van der Waals surface area contributed by atoms with Crippen molar-refractivity contribution >= 4 is 28.5 Å². The molecule has 2 aromatic carbocycles. The van der Waals surface area contributed by atoms with Crippen LogP contribution in [0.4, 0.5) is 5.82 Å². The molecule has 0 N–H and O–H groups in total. The van der Waals surface area contributed by atoms with Crippen LogP contribution in [0.2, 0.25) is 0 Å². The van der Waals surface area contributed by atoms with Crippen molar-refractivity contribution in [1.29, 1.82) is 0 Å². The molecule has 0 amide bonds. The second kappa shape index (κ2) is 8.53. The highest BCUT2D eigenvalue weighted by Gasteiger charge is 2.09. The third-order valence-corrected chi connectivity index (χ3v) is 5.51. The SMILES string of the molecule is COc1ccc(CCN(C)c2cc(C)c3ccc(SC)cc3n2)cc1OC. The van der Waals surface area contributed by atoms with Crippen molar-refractivity contribution in [3.05, 3.63) is 53.6 Å². The van der Waals surface area contributed by atoms with E-state index in [4.69, 9.17) is 14.5 Å². The van der Waals surface area contributed by atoms with Crippen molar-refractivity contribution in [3.63, 3.8) is 0 Å². The van der Waals surface area contributed by atoms with Crippen molar-refractivity contribution < 1.29 is 9.47 Å². The van der Waals surface area contributed by atoms with Crippen LogP contribution in [0.5, 0.6) is 11.5 Å². The number of rotatable bonds is 7. The number of anilines is 1. The molecule has 27 heavy (non-hydrogen) atoms. The van der Waals surface area contributed by atoms with Crippen LogP contribution in [0, 0.1) is 6.92 Å². The van der Waals surface area contributed by atoms with Crippen molar-refractivity contribution in [2.75, 3.05) is 39.0 Å². The molecule has 1 aromatic heterocycles. The summed E-state index contributed by atoms with van der Waals surface area (Å²) >= 11 is 1.74. The van der Waals surface area contributed by atoms with Gasteiger partial charge in [-0.3, -0.25) is 0 Å². The van der Waals surface area contributed by atoms with E-state index in [1.807, 2.05) is 12.1 Å². The fraction of sp³-hybridized carbons (Fsp3) is 0.318. The molecular weight excluding hydrogens is 356 g/mol. The Bertz CT molecular complexity index is 943. The van der Waals surface area contributed by atoms with Gasteiger partial charge in [-0.1, -0.05) is 12.1 Å². The van der Waals surface area contributed by atoms with Gasteiger partial charge in [-0.2, -0.15) is 0 Å². The minimum absolute atomic E-state index is 0.756. The highest BCUT2D eigenvalue weighted by atomic mass is 32.2. The minimum atomic E-state index is 0.756. The summed E-state index contributed by atoms with van der Waals surface area (Å²) in [6.07, 6.45) is 2.99. The van der Waals surface area contributed by atoms with E-state index < -0.39 is 0 Å². The van der Waals surface area contributed by atoms with Crippen LogP contribution in [0.15, 0.2) is 47.4 Å². The molecule has 5 heteroatoms. The molecule has 0 bridgehead atoms. The molecule has 3 aromatic rings. The first-order valence-corrected chi connectivity index (χ1v) is 10.2. The Morgan fingerprint density at radius 3 is 2.48 bits per heavy atom. The maximum absolute atomic E-state index is 5.40. The topological polar surface area (TPSA) is 34.6 Å². The predicted molar refractivity (Wildman–Crippen MR) is 115 cm³/mol. The first-order valence-electron chi connectivity index (χ1n) is 8.93. The van der Waals surface area contributed by atoms with Gasteiger partial charge in [0.15, 0.2) is 11.5 Å². The van der Waals surface area contributed by atoms with E-state index in [9.17, 15) is 0 Å². The number of fused-ring (bicyclic) bond motifs is 1. The number of hydrogen-bond donors (Lipinski definition) is 0. The molecule has 0 aliphatic rings. The summed E-state index contributed by atoms with van der Waals surface area (Å²) in [6, 6.07) is 14.7. The summed E-state index contributed by atoms with van der Waals surface area (Å²) in [5, 5.41) is 1.21. The third-order valence-electron chi connectivity index (χ3n) is 4.79. The Hall–Kier alpha value is -2.40. The first-order chi connectivity index (χ1) is 13.0. The van der Waals surface area contributed by atoms with Gasteiger partial charge in [0.05, 0.1) is 19.7 Å². The van der Waals surface area contributed by atoms with Crippen LogP contribution < -0.4 is 14.4 Å². The van der Waals surface area contributed by atoms with Gasteiger partial charge in [0.1, 0.15) is 5.82 Å². The number of hydrogen-bond acceptors (Lipinski definition) is 5. The third kappa shape index (κ3) is 4.30. The number of aromatic nitrogens is 1. The van der Waals surface area contributed by atoms with Crippen molar-refractivity contribution in [2.24, 2.45) is 0 Å². The molecule has 0 atom stereocenters. The fourth-order valence-corrected chi connectivity index (χ4v) is 3.57. The van der Waals surface area contributed by atoms with Gasteiger partial charge in [-0.25, -0.2) is 4.98 Å². The van der Waals surface area contributed by atoms with Gasteiger partial charge in [0.25, 0.3) is 0 Å². The second-order valence-corrected chi connectivity index (χ2v) is 7.42. The Balaban J connectivity index is 1.78. The molecule has 1 heterocycles. The Kier molecular flexibility index (Phi) is 6.11. The quantitative estimate of drug-likeness (QED) is 0.540. The second-order valence-electron chi connectivity index (χ2n) is 6.54. The standard InChI is InChI=1S/C22H26N2O2S/c1-15-12-22(23-19-14-17(27-5)7-8-18(15)19)24(2)11-10-16-6-9-20(25-3)21(13-16)26-4/h6-9,12-14H,10-11H2,1-5H3. The van der Waals surface area contributed by atoms with Gasteiger partial charge in [-0.05, 0) is 61.1 Å². The number of ether oxygens (including phenoxy) is 2. The van der Waals surface area contributed by atoms with Crippen LogP contribution >= 0.6 is 11.8 Å². The zero-order chi connectivity index (χ0) is 19.4. The number of benzene rings is 2. The molecule has 4 nitrogen and oxygen atoms in total. The Labute approximate surface area is 165 Å². The molecule has 0 aliphatic carbocycles. The van der Waals surface area contributed by atoms with Crippen molar-refractivity contribution in [3.8, 4) is 11.5 Å². The number of methoxy groups -OCH3 is 2. The number of aryl methyl sites for hydroxylation is 1. The zero-order valence-corrected chi connectivity index (χ0v) is 17.4. The molecule has 0 unspecified atom stereocenters. The normalized spacial score (nSPS) is 10.9. The molecule has 0 fully saturated rings. The monoisotopic (exact) mass is 382 g/mol. The Morgan fingerprint density at radius 2 is 1.78 bits per heavy atom. The van der Waals surface area contributed by atoms with Crippen LogP contribution in [0.1, 0.15) is 11.1 Å². The van der Waals surface area contributed by atoms with E-state index in [2.05, 4.69) is 55.5 Å². The van der Waals surface area contributed by atoms with Gasteiger partial charge in [0.2, 0.25) is 0 Å². The number of pyridine rings is 1. The summed E-state index contributed by atoms with van der Waals surface area (Å²) in [5.74, 6) is 2.52. The molecule has 0 aliphatic heterocycles. The zero-order valence-electron chi connectivity index (χ0n) is 16.6. The van der Waals surface area contributed by atoms with E-state index in [-0.39, 0.29) is 0 Å². The minimum Gasteiger partial charge on any atom is -0.493 e. The van der Waals surface area contributed by atoms with Crippen LogP contribution in [0.3, 0.4) is 0 Å². The molecule has 0 saturated carbocycles. The van der Waals surface area contributed by atoms with Gasteiger partial charge >= 0.3 is 0 Å². The lowest BCUT2D eigenvalue weighted by molar-refractivity contribution is 0.354. The Morgan fingerprint density at radius 1 is 1.00 bits per heavy atom. The van der Waals surface area contributed by atoms with Crippen molar-refractivity contribution in [1.82, 2.24) is 4.98 Å². The molecule has 0 spiro atoms. The van der Waals surface area contributed by atoms with Gasteiger partial charge in [-0.15, -0.1) is 11.8 Å². The van der Waals surface area contributed by atoms with Crippen LogP contribution in [0.25, 0.3) is 10.9 Å². The summed E-state index contributed by atoms with van der Waals surface area (Å²) in [6.45, 7) is 3.02.